The number of fused-ring (bicyclic) bond motifs is 1. The van der Waals surface area contributed by atoms with Gasteiger partial charge in [0.1, 0.15) is 0 Å². The number of nitrogens with zero attached hydrogens (tertiary/aromatic N) is 4. The van der Waals surface area contributed by atoms with Crippen LogP contribution < -0.4 is 33.0 Å². The predicted molar refractivity (Wildman–Crippen MR) is 111 cm³/mol. The molecule has 2 amide bonds. The number of hydrazine groups is 1. The molecule has 0 radical (unpaired) electrons. The zero-order valence-corrected chi connectivity index (χ0v) is 16.2. The zero-order chi connectivity index (χ0) is 23.3. The standard InChI is InChI=1S/C17H18N10O5/c18-11-10-12(25-16(19)23-11)21-6-9(22-10)5-20-8-3-1-7(2-4-8)14(28)24-13(15(29)30)26-27-17(31)32/h1-4,6,13,20,26-27H,5H2,(H,24,28)(H,29,30)(H,31,32)(H4,18,19,21,23,25). The number of aromatic nitrogens is 4. The third-order valence-electron chi connectivity index (χ3n) is 3.97. The Kier molecular flexibility index (Phi) is 6.40. The number of carbonyl (C=O) groups is 3. The summed E-state index contributed by atoms with van der Waals surface area (Å²) in [5, 5.41) is 22.8. The summed E-state index contributed by atoms with van der Waals surface area (Å²) in [6, 6.07) is 6.12. The Morgan fingerprint density at radius 3 is 2.41 bits per heavy atom. The first-order chi connectivity index (χ1) is 15.2. The van der Waals surface area contributed by atoms with E-state index in [0.29, 0.717) is 16.9 Å². The van der Waals surface area contributed by atoms with Crippen LogP contribution in [0.3, 0.4) is 0 Å². The minimum atomic E-state index is -1.66. The van der Waals surface area contributed by atoms with Gasteiger partial charge in [-0.2, -0.15) is 15.4 Å². The number of aliphatic carboxylic acids is 1. The van der Waals surface area contributed by atoms with Crippen molar-refractivity contribution in [2.24, 2.45) is 0 Å². The Balaban J connectivity index is 1.62. The second-order valence-electron chi connectivity index (χ2n) is 6.25. The molecule has 0 saturated carbocycles. The van der Waals surface area contributed by atoms with Crippen LogP contribution in [-0.2, 0) is 11.3 Å². The van der Waals surface area contributed by atoms with Crippen LogP contribution in [0.5, 0.6) is 0 Å². The molecule has 1 aromatic carbocycles. The quantitative estimate of drug-likeness (QED) is 0.156. The Labute approximate surface area is 179 Å². The predicted octanol–water partition coefficient (Wildman–Crippen LogP) is -0.891. The lowest BCUT2D eigenvalue weighted by Gasteiger charge is -2.15. The molecule has 0 spiro atoms. The number of nitrogen functional groups attached to an aromatic ring is 2. The van der Waals surface area contributed by atoms with E-state index in [2.05, 4.69) is 30.6 Å². The van der Waals surface area contributed by atoms with E-state index < -0.39 is 24.1 Å². The molecule has 1 unspecified atom stereocenters. The summed E-state index contributed by atoms with van der Waals surface area (Å²) in [6.07, 6.45) is -1.65. The van der Waals surface area contributed by atoms with E-state index in [1.54, 1.807) is 17.6 Å². The van der Waals surface area contributed by atoms with Crippen molar-refractivity contribution < 1.29 is 24.6 Å². The maximum atomic E-state index is 12.2. The van der Waals surface area contributed by atoms with Crippen LogP contribution in [-0.4, -0.2) is 54.3 Å². The van der Waals surface area contributed by atoms with Gasteiger partial charge in [-0.3, -0.25) is 10.2 Å². The number of amides is 2. The van der Waals surface area contributed by atoms with Gasteiger partial charge in [-0.05, 0) is 24.3 Å². The minimum absolute atomic E-state index is 0.00269. The van der Waals surface area contributed by atoms with Gasteiger partial charge in [0.05, 0.1) is 18.4 Å². The first kappa shape index (κ1) is 21.9. The van der Waals surface area contributed by atoms with Gasteiger partial charge < -0.3 is 32.3 Å². The first-order valence-electron chi connectivity index (χ1n) is 8.89. The SMILES string of the molecule is Nc1nc(N)c2nc(CNc3ccc(C(=O)NC(NNC(=O)O)C(=O)O)cc3)cnc2n1. The van der Waals surface area contributed by atoms with Crippen LogP contribution in [0.15, 0.2) is 30.5 Å². The van der Waals surface area contributed by atoms with E-state index in [1.165, 1.54) is 18.3 Å². The summed E-state index contributed by atoms with van der Waals surface area (Å²) in [4.78, 5) is 50.1. The molecular formula is C17H18N10O5. The van der Waals surface area contributed by atoms with Crippen LogP contribution in [0.4, 0.5) is 22.2 Å². The summed E-state index contributed by atoms with van der Waals surface area (Å²) < 4.78 is 0. The zero-order valence-electron chi connectivity index (χ0n) is 16.2. The van der Waals surface area contributed by atoms with Crippen molar-refractivity contribution in [3.63, 3.8) is 0 Å². The number of carboxylic acids is 1. The summed E-state index contributed by atoms with van der Waals surface area (Å²) >= 11 is 0. The van der Waals surface area contributed by atoms with Crippen LogP contribution >= 0.6 is 0 Å². The average Bonchev–Trinajstić information content (AvgIpc) is 2.75. The normalized spacial score (nSPS) is 11.5. The van der Waals surface area contributed by atoms with Gasteiger partial charge in [0, 0.05) is 11.3 Å². The van der Waals surface area contributed by atoms with Crippen molar-refractivity contribution in [1.82, 2.24) is 36.1 Å². The summed E-state index contributed by atoms with van der Waals surface area (Å²) in [5.41, 5.74) is 16.9. The van der Waals surface area contributed by atoms with Crippen LogP contribution in [0.25, 0.3) is 11.2 Å². The highest BCUT2D eigenvalue weighted by Gasteiger charge is 2.21. The molecule has 1 atom stereocenters. The Bertz CT molecular complexity index is 1170. The van der Waals surface area contributed by atoms with Crippen LogP contribution in [0.2, 0.25) is 0 Å². The molecular weight excluding hydrogens is 424 g/mol. The number of nitrogens with two attached hydrogens (primary N) is 2. The van der Waals surface area contributed by atoms with Gasteiger partial charge in [0.25, 0.3) is 5.91 Å². The number of anilines is 3. The molecule has 0 aliphatic heterocycles. The van der Waals surface area contributed by atoms with E-state index in [-0.39, 0.29) is 29.5 Å². The summed E-state index contributed by atoms with van der Waals surface area (Å²) in [5.74, 6) is -2.08. The first-order valence-corrected chi connectivity index (χ1v) is 8.89. The number of carboxylic acid groups (broad SMARTS) is 2. The number of nitrogens with one attached hydrogen (secondary N) is 4. The third-order valence-corrected chi connectivity index (χ3v) is 3.97. The van der Waals surface area contributed by atoms with Crippen molar-refractivity contribution in [3.05, 3.63) is 41.7 Å². The van der Waals surface area contributed by atoms with E-state index in [9.17, 15) is 14.4 Å². The van der Waals surface area contributed by atoms with E-state index >= 15 is 0 Å². The highest BCUT2D eigenvalue weighted by atomic mass is 16.4. The van der Waals surface area contributed by atoms with Crippen molar-refractivity contribution in [2.75, 3.05) is 16.8 Å². The minimum Gasteiger partial charge on any atom is -0.479 e. The molecule has 0 aliphatic carbocycles. The molecule has 166 valence electrons. The van der Waals surface area contributed by atoms with Crippen LogP contribution in [0, 0.1) is 0 Å². The van der Waals surface area contributed by atoms with Gasteiger partial charge in [-0.1, -0.05) is 0 Å². The molecule has 2 heterocycles. The Morgan fingerprint density at radius 1 is 1.03 bits per heavy atom. The third kappa shape index (κ3) is 5.42. The van der Waals surface area contributed by atoms with Crippen LogP contribution in [0.1, 0.15) is 16.1 Å². The number of hydrogen-bond donors (Lipinski definition) is 8. The second-order valence-corrected chi connectivity index (χ2v) is 6.25. The van der Waals surface area contributed by atoms with Gasteiger partial charge in [0.15, 0.2) is 23.1 Å². The average molecular weight is 442 g/mol. The lowest BCUT2D eigenvalue weighted by molar-refractivity contribution is -0.140. The molecule has 0 aliphatic rings. The molecule has 0 fully saturated rings. The Morgan fingerprint density at radius 2 is 1.75 bits per heavy atom. The smallest absolute Gasteiger partial charge is 0.419 e. The monoisotopic (exact) mass is 442 g/mol. The highest BCUT2D eigenvalue weighted by Crippen LogP contribution is 2.16. The van der Waals surface area contributed by atoms with Crippen molar-refractivity contribution in [2.45, 2.75) is 12.7 Å². The maximum Gasteiger partial charge on any atom is 0.419 e. The molecule has 0 saturated heterocycles. The topological polar surface area (TPSA) is 243 Å². The van der Waals surface area contributed by atoms with Gasteiger partial charge in [-0.15, -0.1) is 0 Å². The lowest BCUT2D eigenvalue weighted by atomic mass is 10.2. The number of benzene rings is 1. The summed E-state index contributed by atoms with van der Waals surface area (Å²) in [7, 11) is 0. The lowest BCUT2D eigenvalue weighted by Crippen LogP contribution is -2.56. The van der Waals surface area contributed by atoms with E-state index in [0.717, 1.165) is 0 Å². The second kappa shape index (κ2) is 9.35. The maximum absolute atomic E-state index is 12.2. The number of rotatable bonds is 8. The molecule has 32 heavy (non-hydrogen) atoms. The molecule has 0 bridgehead atoms. The van der Waals surface area contributed by atoms with Gasteiger partial charge in [-0.25, -0.2) is 19.6 Å². The molecule has 10 N–H and O–H groups in total. The number of carbonyl (C=O) groups excluding carboxylic acids is 1. The van der Waals surface area contributed by atoms with Gasteiger partial charge >= 0.3 is 12.1 Å². The largest absolute Gasteiger partial charge is 0.479 e. The fourth-order valence-corrected chi connectivity index (χ4v) is 2.51. The van der Waals surface area contributed by atoms with Crippen molar-refractivity contribution in [1.29, 1.82) is 0 Å². The van der Waals surface area contributed by atoms with E-state index in [1.807, 2.05) is 5.43 Å². The summed E-state index contributed by atoms with van der Waals surface area (Å²) in [6.45, 7) is 0.282. The van der Waals surface area contributed by atoms with Crippen molar-refractivity contribution >= 4 is 46.6 Å². The molecule has 3 rings (SSSR count). The Hall–Kier alpha value is -4.79. The highest BCUT2D eigenvalue weighted by molar-refractivity contribution is 5.96. The fourth-order valence-electron chi connectivity index (χ4n) is 2.51. The molecule has 15 nitrogen and oxygen atoms in total. The molecule has 2 aromatic heterocycles. The molecule has 3 aromatic rings. The van der Waals surface area contributed by atoms with Gasteiger partial charge in [0.2, 0.25) is 5.95 Å². The number of hydrogen-bond acceptors (Lipinski definition) is 11. The van der Waals surface area contributed by atoms with E-state index in [4.69, 9.17) is 21.7 Å². The fraction of sp³-hybridized carbons (Fsp3) is 0.118. The molecule has 15 heteroatoms. The van der Waals surface area contributed by atoms with Crippen molar-refractivity contribution in [3.8, 4) is 0 Å².